The maximum atomic E-state index is 13.0. The van der Waals surface area contributed by atoms with Crippen molar-refractivity contribution in [2.24, 2.45) is 5.73 Å². The molecule has 158 valence electrons. The number of hydrogen-bond acceptors (Lipinski definition) is 3. The standard InChI is InChI=1S/C25H26N4O2/c1-2-17-11-13-18(14-12-17)16-28-25(31)22(19-7-4-3-5-8-19)29-24(30)21-10-6-9-20(15-21)23(26)27/h3-15,22H,2,16H2,1H3,(H3,26,27)(H,28,31)(H,29,30)/t22-/m1/s1. The molecule has 0 fully saturated rings. The monoisotopic (exact) mass is 414 g/mol. The quantitative estimate of drug-likeness (QED) is 0.335. The number of carbonyl (C=O) groups is 2. The van der Waals surface area contributed by atoms with E-state index in [1.54, 1.807) is 30.3 Å². The summed E-state index contributed by atoms with van der Waals surface area (Å²) < 4.78 is 0. The smallest absolute Gasteiger partial charge is 0.252 e. The highest BCUT2D eigenvalue weighted by atomic mass is 16.2. The van der Waals surface area contributed by atoms with Gasteiger partial charge in [-0.25, -0.2) is 0 Å². The van der Waals surface area contributed by atoms with E-state index in [-0.39, 0.29) is 11.7 Å². The zero-order valence-electron chi connectivity index (χ0n) is 17.4. The first-order valence-electron chi connectivity index (χ1n) is 10.1. The highest BCUT2D eigenvalue weighted by Gasteiger charge is 2.23. The van der Waals surface area contributed by atoms with Crippen molar-refractivity contribution in [2.45, 2.75) is 25.9 Å². The lowest BCUT2D eigenvalue weighted by molar-refractivity contribution is -0.123. The number of carbonyl (C=O) groups excluding carboxylic acids is 2. The SMILES string of the molecule is CCc1ccc(CNC(=O)[C@H](NC(=O)c2cccc(C(=N)N)c2)c2ccccc2)cc1. The average molecular weight is 415 g/mol. The van der Waals surface area contributed by atoms with Crippen molar-refractivity contribution in [1.82, 2.24) is 10.6 Å². The van der Waals surface area contributed by atoms with Gasteiger partial charge >= 0.3 is 0 Å². The molecule has 0 unspecified atom stereocenters. The van der Waals surface area contributed by atoms with Crippen LogP contribution in [0.3, 0.4) is 0 Å². The van der Waals surface area contributed by atoms with Gasteiger partial charge in [-0.2, -0.15) is 0 Å². The summed E-state index contributed by atoms with van der Waals surface area (Å²) in [6, 6.07) is 22.8. The second-order valence-corrected chi connectivity index (χ2v) is 7.20. The molecule has 0 spiro atoms. The molecule has 0 aliphatic carbocycles. The minimum absolute atomic E-state index is 0.124. The maximum Gasteiger partial charge on any atom is 0.252 e. The minimum Gasteiger partial charge on any atom is -0.384 e. The van der Waals surface area contributed by atoms with Crippen LogP contribution in [0.15, 0.2) is 78.9 Å². The molecule has 1 atom stereocenters. The maximum absolute atomic E-state index is 13.0. The molecule has 0 heterocycles. The van der Waals surface area contributed by atoms with E-state index >= 15 is 0 Å². The van der Waals surface area contributed by atoms with Gasteiger partial charge in [-0.3, -0.25) is 15.0 Å². The molecule has 3 aromatic rings. The van der Waals surface area contributed by atoms with E-state index in [4.69, 9.17) is 11.1 Å². The number of benzene rings is 3. The molecule has 6 nitrogen and oxygen atoms in total. The highest BCUT2D eigenvalue weighted by molar-refractivity contribution is 6.01. The van der Waals surface area contributed by atoms with Gasteiger partial charge in [0.2, 0.25) is 5.91 Å². The summed E-state index contributed by atoms with van der Waals surface area (Å²) in [5.41, 5.74) is 9.20. The number of rotatable bonds is 8. The summed E-state index contributed by atoms with van der Waals surface area (Å²) in [6.45, 7) is 2.46. The van der Waals surface area contributed by atoms with E-state index in [1.807, 2.05) is 42.5 Å². The van der Waals surface area contributed by atoms with Crippen LogP contribution in [0.5, 0.6) is 0 Å². The lowest BCUT2D eigenvalue weighted by Gasteiger charge is -2.19. The zero-order chi connectivity index (χ0) is 22.2. The van der Waals surface area contributed by atoms with E-state index in [2.05, 4.69) is 17.6 Å². The predicted molar refractivity (Wildman–Crippen MR) is 122 cm³/mol. The molecule has 0 bridgehead atoms. The van der Waals surface area contributed by atoms with Crippen LogP contribution in [0.4, 0.5) is 0 Å². The Kier molecular flexibility index (Phi) is 7.17. The van der Waals surface area contributed by atoms with Crippen LogP contribution in [0, 0.1) is 5.41 Å². The van der Waals surface area contributed by atoms with E-state index < -0.39 is 11.9 Å². The van der Waals surface area contributed by atoms with Gasteiger partial charge in [-0.15, -0.1) is 0 Å². The fraction of sp³-hybridized carbons (Fsp3) is 0.160. The van der Waals surface area contributed by atoms with Crippen LogP contribution in [0.2, 0.25) is 0 Å². The van der Waals surface area contributed by atoms with Crippen LogP contribution in [0.1, 0.15) is 45.6 Å². The number of amides is 2. The third kappa shape index (κ3) is 5.79. The molecule has 5 N–H and O–H groups in total. The van der Waals surface area contributed by atoms with Crippen LogP contribution in [-0.2, 0) is 17.8 Å². The number of hydrogen-bond donors (Lipinski definition) is 4. The van der Waals surface area contributed by atoms with Crippen LogP contribution >= 0.6 is 0 Å². The predicted octanol–water partition coefficient (Wildman–Crippen LogP) is 3.32. The Labute approximate surface area is 182 Å². The first-order valence-corrected chi connectivity index (χ1v) is 10.1. The van der Waals surface area contributed by atoms with Crippen molar-refractivity contribution in [3.8, 4) is 0 Å². The van der Waals surface area contributed by atoms with Crippen LogP contribution in [0.25, 0.3) is 0 Å². The summed E-state index contributed by atoms with van der Waals surface area (Å²) in [7, 11) is 0. The van der Waals surface area contributed by atoms with Gasteiger partial charge in [0.05, 0.1) is 0 Å². The van der Waals surface area contributed by atoms with Gasteiger partial charge < -0.3 is 16.4 Å². The van der Waals surface area contributed by atoms with Crippen LogP contribution in [-0.4, -0.2) is 17.6 Å². The molecule has 3 rings (SSSR count). The third-order valence-electron chi connectivity index (χ3n) is 5.00. The van der Waals surface area contributed by atoms with Gasteiger partial charge in [0.15, 0.2) is 0 Å². The van der Waals surface area contributed by atoms with Gasteiger partial charge in [0, 0.05) is 17.7 Å². The first-order chi connectivity index (χ1) is 15.0. The Morgan fingerprint density at radius 1 is 0.903 bits per heavy atom. The van der Waals surface area contributed by atoms with Crippen LogP contribution < -0.4 is 16.4 Å². The molecule has 31 heavy (non-hydrogen) atoms. The summed E-state index contributed by atoms with van der Waals surface area (Å²) in [6.07, 6.45) is 0.958. The lowest BCUT2D eigenvalue weighted by atomic mass is 10.0. The number of nitrogens with two attached hydrogens (primary N) is 1. The molecule has 6 heteroatoms. The molecule has 0 aliphatic heterocycles. The second kappa shape index (κ2) is 10.2. The van der Waals surface area contributed by atoms with E-state index in [1.165, 1.54) is 11.6 Å². The second-order valence-electron chi connectivity index (χ2n) is 7.20. The molecule has 2 amide bonds. The average Bonchev–Trinajstić information content (AvgIpc) is 2.81. The Morgan fingerprint density at radius 3 is 2.19 bits per heavy atom. The first kappa shape index (κ1) is 21.8. The van der Waals surface area contributed by atoms with Gasteiger partial charge in [0.1, 0.15) is 11.9 Å². The fourth-order valence-corrected chi connectivity index (χ4v) is 3.17. The minimum atomic E-state index is -0.857. The normalized spacial score (nSPS) is 11.4. The topological polar surface area (TPSA) is 108 Å². The molecule has 0 radical (unpaired) electrons. The Balaban J connectivity index is 1.76. The number of nitrogens with one attached hydrogen (secondary N) is 3. The van der Waals surface area contributed by atoms with E-state index in [0.717, 1.165) is 12.0 Å². The molecular weight excluding hydrogens is 388 g/mol. The molecule has 0 aromatic heterocycles. The molecule has 0 saturated heterocycles. The Bertz CT molecular complexity index is 1060. The van der Waals surface area contributed by atoms with Crippen molar-refractivity contribution in [3.05, 3.63) is 107 Å². The van der Waals surface area contributed by atoms with Gasteiger partial charge in [-0.05, 0) is 35.2 Å². The molecule has 3 aromatic carbocycles. The van der Waals surface area contributed by atoms with Crippen molar-refractivity contribution in [3.63, 3.8) is 0 Å². The van der Waals surface area contributed by atoms with Gasteiger partial charge in [0.25, 0.3) is 5.91 Å². The zero-order valence-corrected chi connectivity index (χ0v) is 17.4. The number of amidine groups is 1. The largest absolute Gasteiger partial charge is 0.384 e. The van der Waals surface area contributed by atoms with Crippen molar-refractivity contribution in [1.29, 1.82) is 5.41 Å². The van der Waals surface area contributed by atoms with Crippen molar-refractivity contribution < 1.29 is 9.59 Å². The summed E-state index contributed by atoms with van der Waals surface area (Å²) in [4.78, 5) is 25.9. The molecule has 0 aliphatic rings. The van der Waals surface area contributed by atoms with Crippen molar-refractivity contribution in [2.75, 3.05) is 0 Å². The molecule has 0 saturated carbocycles. The lowest BCUT2D eigenvalue weighted by Crippen LogP contribution is -2.40. The van der Waals surface area contributed by atoms with Crippen molar-refractivity contribution >= 4 is 17.6 Å². The number of aryl methyl sites for hydroxylation is 1. The molecular formula is C25H26N4O2. The van der Waals surface area contributed by atoms with E-state index in [9.17, 15) is 9.59 Å². The number of nitrogen functional groups attached to an aromatic ring is 1. The third-order valence-corrected chi connectivity index (χ3v) is 5.00. The summed E-state index contributed by atoms with van der Waals surface area (Å²) >= 11 is 0. The Morgan fingerprint density at radius 2 is 1.55 bits per heavy atom. The van der Waals surface area contributed by atoms with Gasteiger partial charge in [-0.1, -0.05) is 73.7 Å². The summed E-state index contributed by atoms with van der Waals surface area (Å²) in [5, 5.41) is 13.3. The fourth-order valence-electron chi connectivity index (χ4n) is 3.17. The highest BCUT2D eigenvalue weighted by Crippen LogP contribution is 2.15. The summed E-state index contributed by atoms with van der Waals surface area (Å²) in [5.74, 6) is -0.845. The van der Waals surface area contributed by atoms with E-state index in [0.29, 0.717) is 23.2 Å². The Hall–Kier alpha value is -3.93.